The smallest absolute Gasteiger partial charge is 0.338 e. The van der Waals surface area contributed by atoms with Crippen molar-refractivity contribution in [3.63, 3.8) is 0 Å². The quantitative estimate of drug-likeness (QED) is 0.698. The maximum absolute atomic E-state index is 11.4. The minimum atomic E-state index is -0.803. The number of benzene rings is 1. The van der Waals surface area contributed by atoms with E-state index in [0.29, 0.717) is 5.56 Å². The zero-order valence-electron chi connectivity index (χ0n) is 8.30. The minimum Gasteiger partial charge on any atom is -0.459 e. The Kier molecular flexibility index (Phi) is 4.80. The molecule has 0 radical (unpaired) electrons. The van der Waals surface area contributed by atoms with Gasteiger partial charge in [-0.3, -0.25) is 0 Å². The van der Waals surface area contributed by atoms with Gasteiger partial charge in [0.15, 0.2) is 0 Å². The molecule has 1 aromatic rings. The second-order valence-corrected chi connectivity index (χ2v) is 3.13. The summed E-state index contributed by atoms with van der Waals surface area (Å²) in [5, 5.41) is 17.7. The highest BCUT2D eigenvalue weighted by Gasteiger charge is 2.09. The molecule has 0 saturated carbocycles. The SMILES string of the molecule is O=C(OCC(O)CCO)c1ccccc1. The third kappa shape index (κ3) is 4.10. The Labute approximate surface area is 88.1 Å². The van der Waals surface area contributed by atoms with Crippen LogP contribution in [0, 0.1) is 0 Å². The Morgan fingerprint density at radius 2 is 2.00 bits per heavy atom. The molecule has 1 aromatic carbocycles. The summed E-state index contributed by atoms with van der Waals surface area (Å²) in [5.74, 6) is -0.465. The van der Waals surface area contributed by atoms with E-state index in [9.17, 15) is 9.90 Å². The molecule has 82 valence electrons. The molecular weight excluding hydrogens is 196 g/mol. The Bertz CT molecular complexity index is 297. The fourth-order valence-corrected chi connectivity index (χ4v) is 1.06. The number of hydrogen-bond acceptors (Lipinski definition) is 4. The molecule has 4 nitrogen and oxygen atoms in total. The lowest BCUT2D eigenvalue weighted by atomic mass is 10.2. The minimum absolute atomic E-state index is 0.0890. The molecule has 0 fully saturated rings. The van der Waals surface area contributed by atoms with Crippen LogP contribution in [0.5, 0.6) is 0 Å². The Morgan fingerprint density at radius 3 is 2.60 bits per heavy atom. The molecule has 2 N–H and O–H groups in total. The van der Waals surface area contributed by atoms with Crippen LogP contribution >= 0.6 is 0 Å². The maximum atomic E-state index is 11.4. The van der Waals surface area contributed by atoms with Crippen LogP contribution in [0.4, 0.5) is 0 Å². The van der Waals surface area contributed by atoms with E-state index in [0.717, 1.165) is 0 Å². The molecule has 0 heterocycles. The predicted octanol–water partition coefficient (Wildman–Crippen LogP) is 0.587. The second kappa shape index (κ2) is 6.16. The van der Waals surface area contributed by atoms with Crippen LogP contribution in [0.3, 0.4) is 0 Å². The van der Waals surface area contributed by atoms with Gasteiger partial charge in [-0.05, 0) is 18.6 Å². The molecule has 1 atom stereocenters. The van der Waals surface area contributed by atoms with Crippen molar-refractivity contribution in [2.24, 2.45) is 0 Å². The molecule has 0 spiro atoms. The Hall–Kier alpha value is -1.39. The van der Waals surface area contributed by atoms with Gasteiger partial charge >= 0.3 is 5.97 Å². The van der Waals surface area contributed by atoms with Gasteiger partial charge < -0.3 is 14.9 Å². The van der Waals surface area contributed by atoms with Crippen LogP contribution in [0.25, 0.3) is 0 Å². The number of aliphatic hydroxyl groups excluding tert-OH is 2. The van der Waals surface area contributed by atoms with Gasteiger partial charge in [0.25, 0.3) is 0 Å². The van der Waals surface area contributed by atoms with E-state index in [-0.39, 0.29) is 19.6 Å². The van der Waals surface area contributed by atoms with Gasteiger partial charge in [-0.1, -0.05) is 18.2 Å². The lowest BCUT2D eigenvalue weighted by molar-refractivity contribution is 0.0197. The van der Waals surface area contributed by atoms with Crippen LogP contribution in [0.2, 0.25) is 0 Å². The average Bonchev–Trinajstić information content (AvgIpc) is 2.27. The monoisotopic (exact) mass is 210 g/mol. The predicted molar refractivity (Wildman–Crippen MR) is 54.4 cm³/mol. The topological polar surface area (TPSA) is 66.8 Å². The van der Waals surface area contributed by atoms with Gasteiger partial charge in [0.1, 0.15) is 6.61 Å². The summed E-state index contributed by atoms with van der Waals surface area (Å²) in [4.78, 5) is 11.4. The van der Waals surface area contributed by atoms with Crippen LogP contribution in [0.1, 0.15) is 16.8 Å². The van der Waals surface area contributed by atoms with Crippen molar-refractivity contribution < 1.29 is 19.7 Å². The highest BCUT2D eigenvalue weighted by atomic mass is 16.5. The zero-order chi connectivity index (χ0) is 11.1. The molecule has 0 aromatic heterocycles. The maximum Gasteiger partial charge on any atom is 0.338 e. The molecule has 0 amide bonds. The lowest BCUT2D eigenvalue weighted by Crippen LogP contribution is -2.19. The van der Waals surface area contributed by atoms with Crippen molar-refractivity contribution in [2.75, 3.05) is 13.2 Å². The summed E-state index contributed by atoms with van der Waals surface area (Å²) < 4.78 is 4.84. The van der Waals surface area contributed by atoms with Gasteiger partial charge in [-0.15, -0.1) is 0 Å². The molecule has 1 unspecified atom stereocenters. The van der Waals surface area contributed by atoms with E-state index in [1.54, 1.807) is 30.3 Å². The summed E-state index contributed by atoms with van der Waals surface area (Å²) in [6, 6.07) is 8.56. The first-order valence-corrected chi connectivity index (χ1v) is 4.75. The van der Waals surface area contributed by atoms with Crippen LogP contribution in [-0.4, -0.2) is 35.5 Å². The summed E-state index contributed by atoms with van der Waals surface area (Å²) in [6.07, 6.45) is -0.593. The van der Waals surface area contributed by atoms with E-state index < -0.39 is 12.1 Å². The van der Waals surface area contributed by atoms with Crippen molar-refractivity contribution in [1.82, 2.24) is 0 Å². The number of ether oxygens (including phenoxy) is 1. The standard InChI is InChI=1S/C11H14O4/c12-7-6-10(13)8-15-11(14)9-4-2-1-3-5-9/h1-5,10,12-13H,6-8H2. The summed E-state index contributed by atoms with van der Waals surface area (Å²) in [7, 11) is 0. The van der Waals surface area contributed by atoms with Crippen molar-refractivity contribution in [3.8, 4) is 0 Å². The molecule has 4 heteroatoms. The van der Waals surface area contributed by atoms with E-state index in [1.165, 1.54) is 0 Å². The van der Waals surface area contributed by atoms with E-state index in [4.69, 9.17) is 9.84 Å². The van der Waals surface area contributed by atoms with Crippen LogP contribution < -0.4 is 0 Å². The molecule has 15 heavy (non-hydrogen) atoms. The van der Waals surface area contributed by atoms with Gasteiger partial charge in [-0.25, -0.2) is 4.79 Å². The Balaban J connectivity index is 2.37. The molecule has 0 aliphatic heterocycles. The highest BCUT2D eigenvalue weighted by molar-refractivity contribution is 5.89. The van der Waals surface area contributed by atoms with Crippen molar-refractivity contribution in [3.05, 3.63) is 35.9 Å². The van der Waals surface area contributed by atoms with E-state index in [2.05, 4.69) is 0 Å². The van der Waals surface area contributed by atoms with Crippen molar-refractivity contribution in [2.45, 2.75) is 12.5 Å². The normalized spacial score (nSPS) is 12.1. The first kappa shape index (κ1) is 11.7. The highest BCUT2D eigenvalue weighted by Crippen LogP contribution is 2.02. The second-order valence-electron chi connectivity index (χ2n) is 3.13. The fourth-order valence-electron chi connectivity index (χ4n) is 1.06. The molecule has 1 rings (SSSR count). The van der Waals surface area contributed by atoms with Gasteiger partial charge in [0, 0.05) is 6.61 Å². The van der Waals surface area contributed by atoms with Gasteiger partial charge in [0.2, 0.25) is 0 Å². The first-order valence-electron chi connectivity index (χ1n) is 4.75. The zero-order valence-corrected chi connectivity index (χ0v) is 8.30. The van der Waals surface area contributed by atoms with Crippen molar-refractivity contribution in [1.29, 1.82) is 0 Å². The molecule has 0 saturated heterocycles. The molecular formula is C11H14O4. The fraction of sp³-hybridized carbons (Fsp3) is 0.364. The van der Waals surface area contributed by atoms with E-state index in [1.807, 2.05) is 0 Å². The Morgan fingerprint density at radius 1 is 1.33 bits per heavy atom. The number of hydrogen-bond donors (Lipinski definition) is 2. The summed E-state index contributed by atoms with van der Waals surface area (Å²) >= 11 is 0. The molecule has 0 aliphatic rings. The lowest BCUT2D eigenvalue weighted by Gasteiger charge is -2.09. The number of esters is 1. The van der Waals surface area contributed by atoms with Gasteiger partial charge in [-0.2, -0.15) is 0 Å². The summed E-state index contributed by atoms with van der Waals surface area (Å²) in [5.41, 5.74) is 0.452. The largest absolute Gasteiger partial charge is 0.459 e. The van der Waals surface area contributed by atoms with E-state index >= 15 is 0 Å². The average molecular weight is 210 g/mol. The summed E-state index contributed by atoms with van der Waals surface area (Å²) in [6.45, 7) is -0.210. The molecule has 0 bridgehead atoms. The molecule has 0 aliphatic carbocycles. The van der Waals surface area contributed by atoms with Gasteiger partial charge in [0.05, 0.1) is 11.7 Å². The third-order valence-electron chi connectivity index (χ3n) is 1.88. The third-order valence-corrected chi connectivity index (χ3v) is 1.88. The van der Waals surface area contributed by atoms with Crippen molar-refractivity contribution >= 4 is 5.97 Å². The number of carbonyl (C=O) groups is 1. The van der Waals surface area contributed by atoms with Crippen LogP contribution in [0.15, 0.2) is 30.3 Å². The van der Waals surface area contributed by atoms with Crippen LogP contribution in [-0.2, 0) is 4.74 Å². The first-order chi connectivity index (χ1) is 7.24. The number of rotatable bonds is 5. The number of carbonyl (C=O) groups excluding carboxylic acids is 1. The number of aliphatic hydroxyl groups is 2.